The standard InChI is InChI=1S/C21H23N5OS/c27-21-9-5-11-25(21)16-7-4-6-15(12-16)17-14-28-20(22-17)13-19-24-23-18-8-2-1-3-10-26(18)19/h4,6-7,12,14H,1-3,5,8-11,13H2. The Hall–Kier alpha value is -2.54. The Bertz CT molecular complexity index is 1010. The minimum absolute atomic E-state index is 0.212. The molecule has 0 saturated carbocycles. The number of hydrogen-bond acceptors (Lipinski definition) is 5. The number of aromatic nitrogens is 4. The summed E-state index contributed by atoms with van der Waals surface area (Å²) in [5, 5.41) is 12.0. The summed E-state index contributed by atoms with van der Waals surface area (Å²) in [6.45, 7) is 1.82. The van der Waals surface area contributed by atoms with Crippen LogP contribution in [0.1, 0.15) is 48.8 Å². The van der Waals surface area contributed by atoms with Crippen LogP contribution in [0.2, 0.25) is 0 Å². The first-order chi connectivity index (χ1) is 13.8. The lowest BCUT2D eigenvalue weighted by Gasteiger charge is -2.16. The van der Waals surface area contributed by atoms with Crippen molar-refractivity contribution in [2.75, 3.05) is 11.4 Å². The maximum atomic E-state index is 12.0. The Balaban J connectivity index is 1.37. The smallest absolute Gasteiger partial charge is 0.227 e. The van der Waals surface area contributed by atoms with Gasteiger partial charge in [0.15, 0.2) is 0 Å². The van der Waals surface area contributed by atoms with Crippen LogP contribution < -0.4 is 4.90 Å². The van der Waals surface area contributed by atoms with Gasteiger partial charge in [-0.05, 0) is 31.4 Å². The number of anilines is 1. The van der Waals surface area contributed by atoms with Gasteiger partial charge in [-0.1, -0.05) is 18.6 Å². The van der Waals surface area contributed by atoms with Gasteiger partial charge in [0, 0.05) is 42.6 Å². The summed E-state index contributed by atoms with van der Waals surface area (Å²) in [5.74, 6) is 2.35. The number of carbonyl (C=O) groups excluding carboxylic acids is 1. The van der Waals surface area contributed by atoms with Gasteiger partial charge in [0.25, 0.3) is 0 Å². The van der Waals surface area contributed by atoms with Crippen molar-refractivity contribution >= 4 is 22.9 Å². The summed E-state index contributed by atoms with van der Waals surface area (Å²) < 4.78 is 2.29. The van der Waals surface area contributed by atoms with Crippen molar-refractivity contribution in [1.29, 1.82) is 0 Å². The zero-order chi connectivity index (χ0) is 18.9. The van der Waals surface area contributed by atoms with Crippen molar-refractivity contribution in [2.24, 2.45) is 0 Å². The highest BCUT2D eigenvalue weighted by molar-refractivity contribution is 7.10. The fraction of sp³-hybridized carbons (Fsp3) is 0.429. The maximum Gasteiger partial charge on any atom is 0.227 e. The van der Waals surface area contributed by atoms with Crippen LogP contribution in [0, 0.1) is 0 Å². The van der Waals surface area contributed by atoms with E-state index in [-0.39, 0.29) is 5.91 Å². The second kappa shape index (κ2) is 7.47. The van der Waals surface area contributed by atoms with E-state index in [1.807, 2.05) is 17.0 Å². The fourth-order valence-corrected chi connectivity index (χ4v) is 4.89. The van der Waals surface area contributed by atoms with Crippen molar-refractivity contribution in [1.82, 2.24) is 19.7 Å². The molecule has 2 aromatic heterocycles. The Morgan fingerprint density at radius 3 is 2.89 bits per heavy atom. The lowest BCUT2D eigenvalue weighted by molar-refractivity contribution is -0.117. The van der Waals surface area contributed by atoms with Gasteiger partial charge < -0.3 is 9.47 Å². The van der Waals surface area contributed by atoms with E-state index < -0.39 is 0 Å². The molecule has 1 saturated heterocycles. The van der Waals surface area contributed by atoms with E-state index in [4.69, 9.17) is 4.98 Å². The molecule has 1 fully saturated rings. The highest BCUT2D eigenvalue weighted by atomic mass is 32.1. The number of thiazole rings is 1. The lowest BCUT2D eigenvalue weighted by atomic mass is 10.1. The van der Waals surface area contributed by atoms with E-state index in [0.29, 0.717) is 6.42 Å². The Morgan fingerprint density at radius 1 is 1.04 bits per heavy atom. The average Bonchev–Trinajstić information content (AvgIpc) is 3.40. The van der Waals surface area contributed by atoms with Gasteiger partial charge in [-0.3, -0.25) is 4.79 Å². The molecule has 4 heterocycles. The molecular weight excluding hydrogens is 370 g/mol. The van der Waals surface area contributed by atoms with Crippen LogP contribution in [0.15, 0.2) is 29.6 Å². The number of aryl methyl sites for hydroxylation is 1. The number of nitrogens with zero attached hydrogens (tertiary/aromatic N) is 5. The van der Waals surface area contributed by atoms with Crippen molar-refractivity contribution in [3.63, 3.8) is 0 Å². The average molecular weight is 394 g/mol. The summed E-state index contributed by atoms with van der Waals surface area (Å²) >= 11 is 1.66. The zero-order valence-electron chi connectivity index (χ0n) is 15.8. The van der Waals surface area contributed by atoms with Gasteiger partial charge >= 0.3 is 0 Å². The molecule has 2 aliphatic rings. The molecule has 3 aromatic rings. The summed E-state index contributed by atoms with van der Waals surface area (Å²) in [6, 6.07) is 8.15. The van der Waals surface area contributed by atoms with Crippen LogP contribution in [0.3, 0.4) is 0 Å². The molecule has 1 aromatic carbocycles. The summed E-state index contributed by atoms with van der Waals surface area (Å²) in [7, 11) is 0. The number of fused-ring (bicyclic) bond motifs is 1. The first-order valence-corrected chi connectivity index (χ1v) is 10.9. The maximum absolute atomic E-state index is 12.0. The van der Waals surface area contributed by atoms with E-state index in [2.05, 4.69) is 32.3 Å². The monoisotopic (exact) mass is 393 g/mol. The second-order valence-electron chi connectivity index (χ2n) is 7.50. The number of amides is 1. The van der Waals surface area contributed by atoms with Crippen LogP contribution in [-0.4, -0.2) is 32.2 Å². The normalized spacial score (nSPS) is 17.0. The zero-order valence-corrected chi connectivity index (χ0v) is 16.6. The first-order valence-electron chi connectivity index (χ1n) is 10.0. The van der Waals surface area contributed by atoms with Gasteiger partial charge in [-0.15, -0.1) is 21.5 Å². The largest absolute Gasteiger partial charge is 0.315 e. The first kappa shape index (κ1) is 17.6. The minimum Gasteiger partial charge on any atom is -0.315 e. The van der Waals surface area contributed by atoms with Crippen molar-refractivity contribution in [3.05, 3.63) is 46.3 Å². The molecule has 2 aliphatic heterocycles. The van der Waals surface area contributed by atoms with Crippen molar-refractivity contribution < 1.29 is 4.79 Å². The fourth-order valence-electron chi connectivity index (χ4n) is 4.09. The van der Waals surface area contributed by atoms with E-state index in [9.17, 15) is 4.79 Å². The second-order valence-corrected chi connectivity index (χ2v) is 8.44. The Morgan fingerprint density at radius 2 is 2.00 bits per heavy atom. The molecule has 0 bridgehead atoms. The number of carbonyl (C=O) groups is 1. The molecule has 0 N–H and O–H groups in total. The molecule has 6 nitrogen and oxygen atoms in total. The molecule has 0 spiro atoms. The van der Waals surface area contributed by atoms with Crippen molar-refractivity contribution in [2.45, 2.75) is 51.5 Å². The number of hydrogen-bond donors (Lipinski definition) is 0. The minimum atomic E-state index is 0.212. The summed E-state index contributed by atoms with van der Waals surface area (Å²) in [5.41, 5.74) is 2.99. The lowest BCUT2D eigenvalue weighted by Crippen LogP contribution is -2.23. The molecule has 0 unspecified atom stereocenters. The van der Waals surface area contributed by atoms with Crippen molar-refractivity contribution in [3.8, 4) is 11.3 Å². The predicted octanol–water partition coefficient (Wildman–Crippen LogP) is 3.85. The van der Waals surface area contributed by atoms with Gasteiger partial charge in [0.2, 0.25) is 5.91 Å². The van der Waals surface area contributed by atoms with Gasteiger partial charge in [-0.2, -0.15) is 0 Å². The number of benzene rings is 1. The molecule has 144 valence electrons. The van der Waals surface area contributed by atoms with Gasteiger partial charge in [0.1, 0.15) is 16.7 Å². The van der Waals surface area contributed by atoms with Crippen LogP contribution in [0.25, 0.3) is 11.3 Å². The third kappa shape index (κ3) is 3.35. The Kier molecular flexibility index (Phi) is 4.68. The summed E-state index contributed by atoms with van der Waals surface area (Å²) in [6.07, 6.45) is 7.00. The number of rotatable bonds is 4. The molecule has 7 heteroatoms. The molecule has 5 rings (SSSR count). The highest BCUT2D eigenvalue weighted by Gasteiger charge is 2.22. The quantitative estimate of drug-likeness (QED) is 0.675. The highest BCUT2D eigenvalue weighted by Crippen LogP contribution is 2.29. The van der Waals surface area contributed by atoms with Crippen LogP contribution in [0.4, 0.5) is 5.69 Å². The molecule has 0 aliphatic carbocycles. The van der Waals surface area contributed by atoms with E-state index >= 15 is 0 Å². The van der Waals surface area contributed by atoms with Gasteiger partial charge in [0.05, 0.1) is 12.1 Å². The van der Waals surface area contributed by atoms with E-state index in [1.54, 1.807) is 11.3 Å². The third-order valence-electron chi connectivity index (χ3n) is 5.57. The molecule has 1 amide bonds. The molecule has 0 radical (unpaired) electrons. The topological polar surface area (TPSA) is 63.9 Å². The predicted molar refractivity (Wildman–Crippen MR) is 110 cm³/mol. The van der Waals surface area contributed by atoms with E-state index in [1.165, 1.54) is 19.3 Å². The molecular formula is C21H23N5OS. The van der Waals surface area contributed by atoms with Crippen LogP contribution in [0.5, 0.6) is 0 Å². The van der Waals surface area contributed by atoms with E-state index in [0.717, 1.165) is 66.0 Å². The Labute approximate surface area is 168 Å². The SMILES string of the molecule is O=C1CCCN1c1cccc(-c2csc(Cc3nnc4n3CCCCC4)n2)c1. The van der Waals surface area contributed by atoms with Gasteiger partial charge in [-0.25, -0.2) is 4.98 Å². The summed E-state index contributed by atoms with van der Waals surface area (Å²) in [4.78, 5) is 18.8. The van der Waals surface area contributed by atoms with Crippen LogP contribution in [-0.2, 0) is 24.2 Å². The third-order valence-corrected chi connectivity index (χ3v) is 6.42. The molecule has 0 atom stereocenters. The van der Waals surface area contributed by atoms with Crippen LogP contribution >= 0.6 is 11.3 Å². The molecule has 28 heavy (non-hydrogen) atoms.